The molecule has 3 unspecified atom stereocenters. The van der Waals surface area contributed by atoms with Gasteiger partial charge < -0.3 is 10.6 Å². The van der Waals surface area contributed by atoms with Crippen LogP contribution in [0.3, 0.4) is 0 Å². The molecule has 144 valence electrons. The fourth-order valence-electron chi connectivity index (χ4n) is 7.38. The Labute approximate surface area is 159 Å². The van der Waals surface area contributed by atoms with E-state index in [0.717, 1.165) is 30.8 Å². The minimum Gasteiger partial charge on any atom is -0.498 e. The molecule has 4 aliphatic rings. The van der Waals surface area contributed by atoms with Crippen LogP contribution in [0, 0.1) is 34.5 Å². The molecule has 0 saturated heterocycles. The number of hydrogen-bond donors (Lipinski definition) is 1. The molecule has 0 aromatic heterocycles. The van der Waals surface area contributed by atoms with Crippen LogP contribution in [0.2, 0.25) is 0 Å². The van der Waals surface area contributed by atoms with Crippen molar-refractivity contribution in [3.63, 3.8) is 0 Å². The summed E-state index contributed by atoms with van der Waals surface area (Å²) >= 11 is 0. The first-order valence-electron chi connectivity index (χ1n) is 10.7. The Morgan fingerprint density at radius 2 is 2.04 bits per heavy atom. The first-order valence-corrected chi connectivity index (χ1v) is 10.7. The highest BCUT2D eigenvalue weighted by atomic mass is 16.5. The van der Waals surface area contributed by atoms with E-state index in [0.29, 0.717) is 16.7 Å². The summed E-state index contributed by atoms with van der Waals surface area (Å²) in [4.78, 5) is 0. The van der Waals surface area contributed by atoms with E-state index in [2.05, 4.69) is 44.9 Å². The number of nitrogens with zero attached hydrogens (tertiary/aromatic N) is 1. The summed E-state index contributed by atoms with van der Waals surface area (Å²) in [5.41, 5.74) is 3.48. The van der Waals surface area contributed by atoms with Crippen LogP contribution < -0.4 is 5.84 Å². The Bertz CT molecular complexity index is 663. The van der Waals surface area contributed by atoms with E-state index in [-0.39, 0.29) is 0 Å². The van der Waals surface area contributed by atoms with Crippen molar-refractivity contribution in [2.75, 3.05) is 6.61 Å². The minimum absolute atomic E-state index is 0.347. The van der Waals surface area contributed by atoms with Crippen molar-refractivity contribution in [2.24, 2.45) is 45.4 Å². The SMILES string of the molecule is CCOC1=CC2=CCC3C(CC[C@@]4(C)C3CC[C@@H]4C(C)=NN)[C@@]2(C)CC1. The summed E-state index contributed by atoms with van der Waals surface area (Å²) < 4.78 is 5.85. The maximum absolute atomic E-state index is 5.85. The van der Waals surface area contributed by atoms with Gasteiger partial charge in [-0.3, -0.25) is 0 Å². The van der Waals surface area contributed by atoms with Gasteiger partial charge in [0.25, 0.3) is 0 Å². The van der Waals surface area contributed by atoms with Gasteiger partial charge in [-0.2, -0.15) is 5.10 Å². The molecule has 0 amide bonds. The Balaban J connectivity index is 1.64. The van der Waals surface area contributed by atoms with Crippen molar-refractivity contribution in [1.82, 2.24) is 0 Å². The van der Waals surface area contributed by atoms with Gasteiger partial charge in [-0.05, 0) is 92.6 Å². The van der Waals surface area contributed by atoms with Gasteiger partial charge in [0.05, 0.1) is 12.4 Å². The van der Waals surface area contributed by atoms with Crippen LogP contribution in [0.5, 0.6) is 0 Å². The van der Waals surface area contributed by atoms with Crippen LogP contribution in [0.25, 0.3) is 0 Å². The fraction of sp³-hybridized carbons (Fsp3) is 0.783. The highest BCUT2D eigenvalue weighted by Gasteiger charge is 2.58. The summed E-state index contributed by atoms with van der Waals surface area (Å²) in [6.07, 6.45) is 13.9. The van der Waals surface area contributed by atoms with Gasteiger partial charge >= 0.3 is 0 Å². The van der Waals surface area contributed by atoms with Gasteiger partial charge in [0, 0.05) is 18.1 Å². The summed E-state index contributed by atoms with van der Waals surface area (Å²) in [7, 11) is 0. The zero-order valence-electron chi connectivity index (χ0n) is 17.1. The molecule has 0 heterocycles. The highest BCUT2D eigenvalue weighted by molar-refractivity contribution is 5.85. The summed E-state index contributed by atoms with van der Waals surface area (Å²) in [6, 6.07) is 0. The molecule has 0 bridgehead atoms. The molecule has 2 N–H and O–H groups in total. The van der Waals surface area contributed by atoms with Crippen molar-refractivity contribution in [1.29, 1.82) is 0 Å². The van der Waals surface area contributed by atoms with Crippen LogP contribution in [0.4, 0.5) is 0 Å². The Kier molecular flexibility index (Phi) is 4.48. The van der Waals surface area contributed by atoms with E-state index in [4.69, 9.17) is 10.6 Å². The quantitative estimate of drug-likeness (QED) is 0.416. The number of hydrogen-bond acceptors (Lipinski definition) is 3. The minimum atomic E-state index is 0.347. The largest absolute Gasteiger partial charge is 0.498 e. The molecule has 6 atom stereocenters. The van der Waals surface area contributed by atoms with Gasteiger partial charge in [-0.25, -0.2) is 0 Å². The third-order valence-electron chi connectivity index (χ3n) is 8.77. The maximum atomic E-state index is 5.85. The number of fused-ring (bicyclic) bond motifs is 5. The van der Waals surface area contributed by atoms with E-state index >= 15 is 0 Å². The molecule has 4 aliphatic carbocycles. The summed E-state index contributed by atoms with van der Waals surface area (Å²) in [5, 5.41) is 4.10. The van der Waals surface area contributed by atoms with Crippen LogP contribution in [-0.4, -0.2) is 12.3 Å². The zero-order chi connectivity index (χ0) is 18.5. The first-order chi connectivity index (χ1) is 12.4. The molecule has 0 aliphatic heterocycles. The van der Waals surface area contributed by atoms with Crippen molar-refractivity contribution < 1.29 is 4.74 Å². The normalized spacial score (nSPS) is 45.2. The van der Waals surface area contributed by atoms with Gasteiger partial charge in [0.15, 0.2) is 0 Å². The number of hydrazone groups is 1. The van der Waals surface area contributed by atoms with Crippen molar-refractivity contribution in [3.8, 4) is 0 Å². The monoisotopic (exact) mass is 356 g/mol. The molecule has 2 fully saturated rings. The van der Waals surface area contributed by atoms with Crippen LogP contribution >= 0.6 is 0 Å². The number of nitrogens with two attached hydrogens (primary N) is 1. The van der Waals surface area contributed by atoms with E-state index < -0.39 is 0 Å². The standard InChI is InChI=1S/C23H36N2O/c1-5-26-17-10-12-22(3)16(14-17)6-7-18-20-9-8-19(15(2)25-24)23(20,4)13-11-21(18)22/h6,14,18-21H,5,7-13,24H2,1-4H3/t18?,19-,20?,21?,22+,23-/m1/s1. The molecular formula is C23H36N2O. The fourth-order valence-corrected chi connectivity index (χ4v) is 7.38. The topological polar surface area (TPSA) is 47.6 Å². The van der Waals surface area contributed by atoms with Crippen LogP contribution in [0.1, 0.15) is 72.6 Å². The molecular weight excluding hydrogens is 320 g/mol. The first kappa shape index (κ1) is 18.1. The van der Waals surface area contributed by atoms with E-state index in [1.165, 1.54) is 50.0 Å². The Morgan fingerprint density at radius 3 is 2.77 bits per heavy atom. The van der Waals surface area contributed by atoms with Crippen LogP contribution in [0.15, 0.2) is 28.6 Å². The molecule has 0 aromatic rings. The second-order valence-corrected chi connectivity index (χ2v) is 9.68. The maximum Gasteiger partial charge on any atom is 0.0962 e. The number of ether oxygens (including phenoxy) is 1. The van der Waals surface area contributed by atoms with Gasteiger partial charge in [0.1, 0.15) is 0 Å². The highest BCUT2D eigenvalue weighted by Crippen LogP contribution is 2.66. The van der Waals surface area contributed by atoms with Crippen molar-refractivity contribution in [3.05, 3.63) is 23.5 Å². The molecule has 4 rings (SSSR count). The molecule has 2 saturated carbocycles. The van der Waals surface area contributed by atoms with E-state index in [1.807, 2.05) is 0 Å². The zero-order valence-corrected chi connectivity index (χ0v) is 17.1. The summed E-state index contributed by atoms with van der Waals surface area (Å²) in [6.45, 7) is 10.1. The lowest BCUT2D eigenvalue weighted by Gasteiger charge is -2.57. The Hall–Kier alpha value is -1.25. The lowest BCUT2D eigenvalue weighted by atomic mass is 9.48. The van der Waals surface area contributed by atoms with Crippen LogP contribution in [-0.2, 0) is 4.74 Å². The van der Waals surface area contributed by atoms with Gasteiger partial charge in [0.2, 0.25) is 0 Å². The third kappa shape index (κ3) is 2.49. The molecule has 0 spiro atoms. The second kappa shape index (κ2) is 6.42. The predicted molar refractivity (Wildman–Crippen MR) is 108 cm³/mol. The molecule has 0 radical (unpaired) electrons. The van der Waals surface area contributed by atoms with E-state index in [9.17, 15) is 0 Å². The van der Waals surface area contributed by atoms with Gasteiger partial charge in [-0.15, -0.1) is 0 Å². The predicted octanol–water partition coefficient (Wildman–Crippen LogP) is 5.43. The summed E-state index contributed by atoms with van der Waals surface area (Å²) in [5.74, 6) is 9.95. The molecule has 3 nitrogen and oxygen atoms in total. The average molecular weight is 357 g/mol. The van der Waals surface area contributed by atoms with Crippen molar-refractivity contribution >= 4 is 5.71 Å². The lowest BCUT2D eigenvalue weighted by molar-refractivity contribution is -0.0283. The molecule has 0 aromatic carbocycles. The number of allylic oxidation sites excluding steroid dienone is 4. The lowest BCUT2D eigenvalue weighted by Crippen LogP contribution is -2.49. The molecule has 3 heteroatoms. The third-order valence-corrected chi connectivity index (χ3v) is 8.77. The molecule has 26 heavy (non-hydrogen) atoms. The smallest absolute Gasteiger partial charge is 0.0962 e. The van der Waals surface area contributed by atoms with Gasteiger partial charge in [-0.1, -0.05) is 19.9 Å². The Morgan fingerprint density at radius 1 is 1.23 bits per heavy atom. The van der Waals surface area contributed by atoms with Crippen molar-refractivity contribution in [2.45, 2.75) is 72.6 Å². The number of rotatable bonds is 3. The second-order valence-electron chi connectivity index (χ2n) is 9.68. The average Bonchev–Trinajstić information content (AvgIpc) is 2.99. The van der Waals surface area contributed by atoms with E-state index in [1.54, 1.807) is 5.57 Å².